The molecule has 0 bridgehead atoms. The largest absolute Gasteiger partial charge is 0.376 e. The zero-order valence-corrected chi connectivity index (χ0v) is 14.4. The SMILES string of the molecule is CC(C)C(=O)Nc1cccc(NCC(=O)Nc2cccc(Cl)c2)c1. The second-order valence-electron chi connectivity index (χ2n) is 5.64. The second kappa shape index (κ2) is 8.36. The molecule has 0 aromatic heterocycles. The van der Waals surface area contributed by atoms with E-state index >= 15 is 0 Å². The van der Waals surface area contributed by atoms with Gasteiger partial charge in [-0.15, -0.1) is 0 Å². The third-order valence-electron chi connectivity index (χ3n) is 3.22. The maximum absolute atomic E-state index is 12.0. The van der Waals surface area contributed by atoms with Crippen LogP contribution in [0.2, 0.25) is 5.02 Å². The molecule has 0 spiro atoms. The van der Waals surface area contributed by atoms with Crippen LogP contribution in [-0.2, 0) is 9.59 Å². The average Bonchev–Trinajstić information content (AvgIpc) is 2.53. The monoisotopic (exact) mass is 345 g/mol. The van der Waals surface area contributed by atoms with Gasteiger partial charge in [-0.1, -0.05) is 37.6 Å². The number of hydrogen-bond donors (Lipinski definition) is 3. The summed E-state index contributed by atoms with van der Waals surface area (Å²) in [5.74, 6) is -0.329. The summed E-state index contributed by atoms with van der Waals surface area (Å²) >= 11 is 5.88. The minimum Gasteiger partial charge on any atom is -0.376 e. The van der Waals surface area contributed by atoms with E-state index < -0.39 is 0 Å². The van der Waals surface area contributed by atoms with Gasteiger partial charge in [-0.05, 0) is 36.4 Å². The number of nitrogens with one attached hydrogen (secondary N) is 3. The molecule has 0 saturated carbocycles. The van der Waals surface area contributed by atoms with Crippen molar-refractivity contribution in [1.82, 2.24) is 0 Å². The molecule has 0 heterocycles. The summed E-state index contributed by atoms with van der Waals surface area (Å²) in [7, 11) is 0. The van der Waals surface area contributed by atoms with Crippen molar-refractivity contribution < 1.29 is 9.59 Å². The fourth-order valence-corrected chi connectivity index (χ4v) is 2.14. The number of halogens is 1. The number of hydrogen-bond acceptors (Lipinski definition) is 3. The van der Waals surface area contributed by atoms with Gasteiger partial charge in [0.15, 0.2) is 0 Å². The Morgan fingerprint density at radius 3 is 2.25 bits per heavy atom. The first-order chi connectivity index (χ1) is 11.4. The molecule has 0 fully saturated rings. The van der Waals surface area contributed by atoms with Gasteiger partial charge in [0.1, 0.15) is 0 Å². The van der Waals surface area contributed by atoms with Gasteiger partial charge in [0.25, 0.3) is 0 Å². The predicted octanol–water partition coefficient (Wildman–Crippen LogP) is 3.99. The van der Waals surface area contributed by atoms with Gasteiger partial charge in [0.2, 0.25) is 11.8 Å². The highest BCUT2D eigenvalue weighted by Crippen LogP contribution is 2.17. The van der Waals surface area contributed by atoms with Gasteiger partial charge in [-0.3, -0.25) is 9.59 Å². The Kier molecular flexibility index (Phi) is 6.21. The van der Waals surface area contributed by atoms with Crippen LogP contribution in [0.15, 0.2) is 48.5 Å². The molecule has 0 saturated heterocycles. The molecule has 2 aromatic carbocycles. The molecule has 6 heteroatoms. The normalized spacial score (nSPS) is 10.3. The van der Waals surface area contributed by atoms with Crippen LogP contribution >= 0.6 is 11.6 Å². The van der Waals surface area contributed by atoms with Crippen LogP contribution in [0.4, 0.5) is 17.1 Å². The summed E-state index contributed by atoms with van der Waals surface area (Å²) in [5.41, 5.74) is 2.08. The maximum atomic E-state index is 12.0. The first-order valence-electron chi connectivity index (χ1n) is 7.64. The van der Waals surface area contributed by atoms with Gasteiger partial charge in [-0.25, -0.2) is 0 Å². The molecule has 2 rings (SSSR count). The molecule has 0 aliphatic carbocycles. The Labute approximate surface area is 146 Å². The van der Waals surface area contributed by atoms with E-state index in [1.807, 2.05) is 26.0 Å². The summed E-state index contributed by atoms with van der Waals surface area (Å²) in [6.45, 7) is 3.77. The highest BCUT2D eigenvalue weighted by Gasteiger charge is 2.08. The predicted molar refractivity (Wildman–Crippen MR) is 98.5 cm³/mol. The van der Waals surface area contributed by atoms with Gasteiger partial charge >= 0.3 is 0 Å². The van der Waals surface area contributed by atoms with Crippen molar-refractivity contribution in [3.8, 4) is 0 Å². The van der Waals surface area contributed by atoms with Gasteiger partial charge in [-0.2, -0.15) is 0 Å². The molecule has 2 aromatic rings. The standard InChI is InChI=1S/C18H20ClN3O2/c1-12(2)18(24)22-16-8-4-6-14(10-16)20-11-17(23)21-15-7-3-5-13(19)9-15/h3-10,12,20H,11H2,1-2H3,(H,21,23)(H,22,24). The molecule has 2 amide bonds. The topological polar surface area (TPSA) is 70.2 Å². The molecule has 0 aliphatic rings. The average molecular weight is 346 g/mol. The van der Waals surface area contributed by atoms with E-state index in [2.05, 4.69) is 16.0 Å². The molecular weight excluding hydrogens is 326 g/mol. The van der Waals surface area contributed by atoms with E-state index in [1.54, 1.807) is 36.4 Å². The molecule has 5 nitrogen and oxygen atoms in total. The molecule has 0 unspecified atom stereocenters. The molecule has 3 N–H and O–H groups in total. The number of carbonyl (C=O) groups excluding carboxylic acids is 2. The summed E-state index contributed by atoms with van der Waals surface area (Å²) in [5, 5.41) is 9.17. The lowest BCUT2D eigenvalue weighted by molar-refractivity contribution is -0.119. The van der Waals surface area contributed by atoms with Crippen LogP contribution in [0.3, 0.4) is 0 Å². The van der Waals surface area contributed by atoms with Crippen molar-refractivity contribution >= 4 is 40.5 Å². The number of anilines is 3. The Bertz CT molecular complexity index is 732. The van der Waals surface area contributed by atoms with Crippen molar-refractivity contribution in [2.24, 2.45) is 5.92 Å². The lowest BCUT2D eigenvalue weighted by Gasteiger charge is -2.11. The Morgan fingerprint density at radius 2 is 1.58 bits per heavy atom. The van der Waals surface area contributed by atoms with Crippen molar-refractivity contribution in [2.45, 2.75) is 13.8 Å². The number of rotatable bonds is 6. The third-order valence-corrected chi connectivity index (χ3v) is 3.45. The molecular formula is C18H20ClN3O2. The highest BCUT2D eigenvalue weighted by atomic mass is 35.5. The third kappa shape index (κ3) is 5.59. The molecule has 0 aliphatic heterocycles. The van der Waals surface area contributed by atoms with Gasteiger partial charge < -0.3 is 16.0 Å². The van der Waals surface area contributed by atoms with Crippen molar-refractivity contribution in [2.75, 3.05) is 22.5 Å². The molecule has 126 valence electrons. The van der Waals surface area contributed by atoms with Crippen molar-refractivity contribution in [3.63, 3.8) is 0 Å². The van der Waals surface area contributed by atoms with Crippen LogP contribution in [0.5, 0.6) is 0 Å². The minimum absolute atomic E-state index is 0.0501. The Balaban J connectivity index is 1.89. The molecule has 0 radical (unpaired) electrons. The lowest BCUT2D eigenvalue weighted by Crippen LogP contribution is -2.22. The maximum Gasteiger partial charge on any atom is 0.243 e. The number of amides is 2. The van der Waals surface area contributed by atoms with E-state index in [4.69, 9.17) is 11.6 Å². The van der Waals surface area contributed by atoms with Crippen LogP contribution in [-0.4, -0.2) is 18.4 Å². The lowest BCUT2D eigenvalue weighted by atomic mass is 10.2. The van der Waals surface area contributed by atoms with Crippen LogP contribution in [0.25, 0.3) is 0 Å². The quantitative estimate of drug-likeness (QED) is 0.741. The summed E-state index contributed by atoms with van der Waals surface area (Å²) in [6.07, 6.45) is 0. The van der Waals surface area contributed by atoms with Crippen molar-refractivity contribution in [1.29, 1.82) is 0 Å². The zero-order valence-electron chi connectivity index (χ0n) is 13.6. The van der Waals surface area contributed by atoms with Gasteiger partial charge in [0, 0.05) is 28.0 Å². The van der Waals surface area contributed by atoms with Gasteiger partial charge in [0.05, 0.1) is 6.54 Å². The summed E-state index contributed by atoms with van der Waals surface area (Å²) in [6, 6.07) is 14.2. The fourth-order valence-electron chi connectivity index (χ4n) is 1.95. The second-order valence-corrected chi connectivity index (χ2v) is 6.07. The first kappa shape index (κ1) is 17.8. The molecule has 0 atom stereocenters. The van der Waals surface area contributed by atoms with E-state index in [9.17, 15) is 9.59 Å². The molecule has 24 heavy (non-hydrogen) atoms. The van der Waals surface area contributed by atoms with Crippen LogP contribution in [0.1, 0.15) is 13.8 Å². The zero-order chi connectivity index (χ0) is 17.5. The number of benzene rings is 2. The van der Waals surface area contributed by atoms with Crippen LogP contribution < -0.4 is 16.0 Å². The first-order valence-corrected chi connectivity index (χ1v) is 8.02. The van der Waals surface area contributed by atoms with E-state index in [0.717, 1.165) is 5.69 Å². The highest BCUT2D eigenvalue weighted by molar-refractivity contribution is 6.30. The minimum atomic E-state index is -0.186. The van der Waals surface area contributed by atoms with E-state index in [-0.39, 0.29) is 24.3 Å². The van der Waals surface area contributed by atoms with Crippen molar-refractivity contribution in [3.05, 3.63) is 53.6 Å². The Morgan fingerprint density at radius 1 is 0.958 bits per heavy atom. The number of carbonyl (C=O) groups is 2. The van der Waals surface area contributed by atoms with Crippen LogP contribution in [0, 0.1) is 5.92 Å². The summed E-state index contributed by atoms with van der Waals surface area (Å²) in [4.78, 5) is 23.7. The van der Waals surface area contributed by atoms with E-state index in [0.29, 0.717) is 16.4 Å². The van der Waals surface area contributed by atoms with E-state index in [1.165, 1.54) is 0 Å². The fraction of sp³-hybridized carbons (Fsp3) is 0.222. The Hall–Kier alpha value is -2.53. The smallest absolute Gasteiger partial charge is 0.243 e. The summed E-state index contributed by atoms with van der Waals surface area (Å²) < 4.78 is 0.